The van der Waals surface area contributed by atoms with Gasteiger partial charge in [-0.2, -0.15) is 0 Å². The summed E-state index contributed by atoms with van der Waals surface area (Å²) in [6.45, 7) is 1.15. The molecule has 9 heteroatoms. The minimum absolute atomic E-state index is 0.219. The first-order valence-corrected chi connectivity index (χ1v) is 11.1. The van der Waals surface area contributed by atoms with Gasteiger partial charge in [0.2, 0.25) is 11.8 Å². The molecule has 0 saturated carbocycles. The summed E-state index contributed by atoms with van der Waals surface area (Å²) in [5.41, 5.74) is 9.61. The Hall–Kier alpha value is -4.79. The summed E-state index contributed by atoms with van der Waals surface area (Å²) in [4.78, 5) is 37.8. The minimum atomic E-state index is -0.610. The second-order valence-electron chi connectivity index (χ2n) is 8.07. The molecular weight excluding hydrogens is 460 g/mol. The predicted octanol–water partition coefficient (Wildman–Crippen LogP) is 3.47. The molecule has 184 valence electrons. The average Bonchev–Trinajstić information content (AvgIpc) is 3.19. The molecule has 0 bridgehead atoms. The fourth-order valence-electron chi connectivity index (χ4n) is 4.04. The molecule has 0 atom stereocenters. The molecule has 0 aromatic heterocycles. The summed E-state index contributed by atoms with van der Waals surface area (Å²) in [5, 5.41) is 6.27. The van der Waals surface area contributed by atoms with Gasteiger partial charge in [0.15, 0.2) is 11.5 Å². The molecule has 3 aromatic rings. The molecule has 4 rings (SSSR count). The zero-order valence-corrected chi connectivity index (χ0v) is 20.1. The second kappa shape index (κ2) is 10.2. The van der Waals surface area contributed by atoms with Gasteiger partial charge >= 0.3 is 0 Å². The van der Waals surface area contributed by atoms with Crippen LogP contribution >= 0.6 is 0 Å². The van der Waals surface area contributed by atoms with E-state index in [0.717, 1.165) is 5.56 Å². The van der Waals surface area contributed by atoms with Gasteiger partial charge in [0.25, 0.3) is 5.91 Å². The lowest BCUT2D eigenvalue weighted by atomic mass is 9.99. The zero-order chi connectivity index (χ0) is 25.8. The van der Waals surface area contributed by atoms with Gasteiger partial charge in [0, 0.05) is 29.9 Å². The first kappa shape index (κ1) is 24.3. The summed E-state index contributed by atoms with van der Waals surface area (Å²) in [5.74, 6) is -0.173. The van der Waals surface area contributed by atoms with Gasteiger partial charge in [0.05, 0.1) is 31.2 Å². The number of fused-ring (bicyclic) bond motifs is 1. The van der Waals surface area contributed by atoms with Crippen molar-refractivity contribution in [3.05, 3.63) is 77.9 Å². The number of nitrogens with one attached hydrogen (secondary N) is 2. The minimum Gasteiger partial charge on any atom is -0.493 e. The number of methoxy groups -OCH3 is 2. The van der Waals surface area contributed by atoms with E-state index < -0.39 is 5.91 Å². The number of carbonyl (C=O) groups is 3. The van der Waals surface area contributed by atoms with Crippen LogP contribution in [0.2, 0.25) is 0 Å². The molecule has 1 aliphatic rings. The molecule has 3 aromatic carbocycles. The predicted molar refractivity (Wildman–Crippen MR) is 139 cm³/mol. The molecule has 0 spiro atoms. The SMILES string of the molecule is COc1cc2c(cc1OC)C(=C(Nc1ccc(N(CC(N)=O)C(C)=O)cc1)c1ccccc1)C(=O)N2. The van der Waals surface area contributed by atoms with Gasteiger partial charge < -0.3 is 30.7 Å². The van der Waals surface area contributed by atoms with Crippen molar-refractivity contribution in [2.24, 2.45) is 5.73 Å². The topological polar surface area (TPSA) is 123 Å². The lowest BCUT2D eigenvalue weighted by molar-refractivity contribution is -0.121. The highest BCUT2D eigenvalue weighted by molar-refractivity contribution is 6.37. The van der Waals surface area contributed by atoms with Crippen LogP contribution in [0.15, 0.2) is 66.7 Å². The van der Waals surface area contributed by atoms with Crippen LogP contribution in [0, 0.1) is 0 Å². The van der Waals surface area contributed by atoms with E-state index in [2.05, 4.69) is 10.6 Å². The summed E-state index contributed by atoms with van der Waals surface area (Å²) < 4.78 is 10.8. The first-order chi connectivity index (χ1) is 17.3. The molecular formula is C27H26N4O5. The number of primary amides is 1. The molecule has 0 radical (unpaired) electrons. The Morgan fingerprint density at radius 3 is 2.19 bits per heavy atom. The van der Waals surface area contributed by atoms with Gasteiger partial charge in [-0.25, -0.2) is 0 Å². The van der Waals surface area contributed by atoms with Crippen molar-refractivity contribution in [2.45, 2.75) is 6.92 Å². The van der Waals surface area contributed by atoms with Crippen molar-refractivity contribution in [1.82, 2.24) is 0 Å². The highest BCUT2D eigenvalue weighted by Crippen LogP contribution is 2.43. The average molecular weight is 487 g/mol. The van der Waals surface area contributed by atoms with Crippen LogP contribution < -0.4 is 30.7 Å². The maximum atomic E-state index is 13.2. The molecule has 3 amide bonds. The van der Waals surface area contributed by atoms with Crippen molar-refractivity contribution in [2.75, 3.05) is 36.3 Å². The van der Waals surface area contributed by atoms with E-state index >= 15 is 0 Å². The molecule has 4 N–H and O–H groups in total. The lowest BCUT2D eigenvalue weighted by Crippen LogP contribution is -2.37. The first-order valence-electron chi connectivity index (χ1n) is 11.1. The number of benzene rings is 3. The van der Waals surface area contributed by atoms with E-state index in [-0.39, 0.29) is 18.4 Å². The number of ether oxygens (including phenoxy) is 2. The zero-order valence-electron chi connectivity index (χ0n) is 20.1. The number of anilines is 3. The molecule has 0 saturated heterocycles. The number of amides is 3. The summed E-state index contributed by atoms with van der Waals surface area (Å²) in [6, 6.07) is 19.9. The third-order valence-electron chi connectivity index (χ3n) is 5.72. The normalized spacial score (nSPS) is 13.4. The standard InChI is InChI=1S/C27H26N4O5/c1-16(32)31(15-24(28)33)19-11-9-18(10-12-19)29-26(17-7-5-4-6-8-17)25-20-13-22(35-2)23(36-3)14-21(20)30-27(25)34/h4-14,29H,15H2,1-3H3,(H2,28,33)(H,30,34). The highest BCUT2D eigenvalue weighted by Gasteiger charge is 2.30. The Balaban J connectivity index is 1.79. The van der Waals surface area contributed by atoms with Gasteiger partial charge in [-0.1, -0.05) is 30.3 Å². The molecule has 0 aliphatic carbocycles. The number of nitrogens with zero attached hydrogens (tertiary/aromatic N) is 1. The number of nitrogens with two attached hydrogens (primary N) is 1. The lowest BCUT2D eigenvalue weighted by Gasteiger charge is -2.20. The maximum Gasteiger partial charge on any atom is 0.258 e. The van der Waals surface area contributed by atoms with E-state index in [9.17, 15) is 14.4 Å². The molecule has 9 nitrogen and oxygen atoms in total. The number of carbonyl (C=O) groups excluding carboxylic acids is 3. The molecule has 1 aliphatic heterocycles. The summed E-state index contributed by atoms with van der Waals surface area (Å²) >= 11 is 0. The van der Waals surface area contributed by atoms with Crippen LogP contribution in [0.4, 0.5) is 17.1 Å². The van der Waals surface area contributed by atoms with E-state index in [1.165, 1.54) is 26.0 Å². The van der Waals surface area contributed by atoms with Crippen molar-refractivity contribution < 1.29 is 23.9 Å². The van der Waals surface area contributed by atoms with E-state index in [0.29, 0.717) is 45.4 Å². The van der Waals surface area contributed by atoms with Gasteiger partial charge in [-0.15, -0.1) is 0 Å². The third kappa shape index (κ3) is 4.85. The van der Waals surface area contributed by atoms with Gasteiger partial charge in [-0.3, -0.25) is 14.4 Å². The van der Waals surface area contributed by atoms with Crippen LogP contribution in [0.1, 0.15) is 18.1 Å². The number of hydrogen-bond acceptors (Lipinski definition) is 6. The Labute approximate surface area is 208 Å². The highest BCUT2D eigenvalue weighted by atomic mass is 16.5. The van der Waals surface area contributed by atoms with E-state index in [1.54, 1.807) is 36.4 Å². The van der Waals surface area contributed by atoms with Crippen molar-refractivity contribution >= 4 is 46.1 Å². The number of rotatable bonds is 8. The van der Waals surface area contributed by atoms with Crippen molar-refractivity contribution in [3.8, 4) is 11.5 Å². The summed E-state index contributed by atoms with van der Waals surface area (Å²) in [6.07, 6.45) is 0. The van der Waals surface area contributed by atoms with E-state index in [1.807, 2.05) is 30.3 Å². The van der Waals surface area contributed by atoms with Crippen LogP contribution in [0.3, 0.4) is 0 Å². The number of hydrogen-bond donors (Lipinski definition) is 3. The fourth-order valence-corrected chi connectivity index (χ4v) is 4.04. The van der Waals surface area contributed by atoms with Gasteiger partial charge in [-0.05, 0) is 35.9 Å². The molecule has 1 heterocycles. The second-order valence-corrected chi connectivity index (χ2v) is 8.07. The fraction of sp³-hybridized carbons (Fsp3) is 0.148. The monoisotopic (exact) mass is 486 g/mol. The largest absolute Gasteiger partial charge is 0.493 e. The molecule has 36 heavy (non-hydrogen) atoms. The van der Waals surface area contributed by atoms with Crippen LogP contribution in [-0.2, 0) is 14.4 Å². The summed E-state index contributed by atoms with van der Waals surface area (Å²) in [7, 11) is 3.08. The molecule has 0 unspecified atom stereocenters. The van der Waals surface area contributed by atoms with Crippen LogP contribution in [-0.4, -0.2) is 38.5 Å². The van der Waals surface area contributed by atoms with Crippen molar-refractivity contribution in [3.63, 3.8) is 0 Å². The van der Waals surface area contributed by atoms with Crippen LogP contribution in [0.5, 0.6) is 11.5 Å². The van der Waals surface area contributed by atoms with Crippen LogP contribution in [0.25, 0.3) is 11.3 Å². The third-order valence-corrected chi connectivity index (χ3v) is 5.72. The smallest absolute Gasteiger partial charge is 0.258 e. The Kier molecular flexibility index (Phi) is 6.91. The Bertz CT molecular complexity index is 1350. The Morgan fingerprint density at radius 2 is 1.61 bits per heavy atom. The Morgan fingerprint density at radius 1 is 0.972 bits per heavy atom. The van der Waals surface area contributed by atoms with Crippen molar-refractivity contribution in [1.29, 1.82) is 0 Å². The maximum absolute atomic E-state index is 13.2. The van der Waals surface area contributed by atoms with Gasteiger partial charge in [0.1, 0.15) is 6.54 Å². The van der Waals surface area contributed by atoms with E-state index in [4.69, 9.17) is 15.2 Å². The molecule has 0 fully saturated rings. The quantitative estimate of drug-likeness (QED) is 0.419.